The lowest BCUT2D eigenvalue weighted by molar-refractivity contribution is 0.0698. The second kappa shape index (κ2) is 6.13. The SMILES string of the molecule is O=C(O)c1cccc(Cl)c1NS(=O)(=O)c1cc(Cl)c(Br)s1. The lowest BCUT2D eigenvalue weighted by atomic mass is 10.2. The van der Waals surface area contributed by atoms with Crippen molar-refractivity contribution < 1.29 is 18.3 Å². The van der Waals surface area contributed by atoms with Gasteiger partial charge in [-0.2, -0.15) is 0 Å². The average Bonchev–Trinajstić information content (AvgIpc) is 2.72. The van der Waals surface area contributed by atoms with Crippen LogP contribution in [0.5, 0.6) is 0 Å². The molecule has 0 amide bonds. The Labute approximate surface area is 142 Å². The fourth-order valence-corrected chi connectivity index (χ4v) is 5.23. The number of para-hydroxylation sites is 1. The highest BCUT2D eigenvalue weighted by Gasteiger charge is 2.23. The first-order valence-corrected chi connectivity index (χ1v) is 9.06. The van der Waals surface area contributed by atoms with Gasteiger partial charge >= 0.3 is 5.97 Å². The van der Waals surface area contributed by atoms with Gasteiger partial charge in [0, 0.05) is 0 Å². The molecule has 10 heteroatoms. The maximum Gasteiger partial charge on any atom is 0.337 e. The van der Waals surface area contributed by atoms with Crippen molar-refractivity contribution in [3.8, 4) is 0 Å². The summed E-state index contributed by atoms with van der Waals surface area (Å²) in [5.74, 6) is -1.29. The fourth-order valence-electron chi connectivity index (χ4n) is 1.45. The minimum Gasteiger partial charge on any atom is -0.478 e. The van der Waals surface area contributed by atoms with Crippen LogP contribution in [0.15, 0.2) is 32.3 Å². The van der Waals surface area contributed by atoms with E-state index in [-0.39, 0.29) is 25.5 Å². The molecule has 0 radical (unpaired) electrons. The number of carboxylic acid groups (broad SMARTS) is 1. The van der Waals surface area contributed by atoms with Crippen molar-refractivity contribution in [2.45, 2.75) is 4.21 Å². The molecule has 5 nitrogen and oxygen atoms in total. The number of halogens is 3. The molecule has 1 aromatic heterocycles. The van der Waals surface area contributed by atoms with Crippen LogP contribution in [0.2, 0.25) is 10.0 Å². The monoisotopic (exact) mass is 429 g/mol. The lowest BCUT2D eigenvalue weighted by Gasteiger charge is -2.10. The van der Waals surface area contributed by atoms with E-state index in [0.29, 0.717) is 3.79 Å². The Bertz CT molecular complexity index is 800. The van der Waals surface area contributed by atoms with Gasteiger partial charge < -0.3 is 5.11 Å². The van der Waals surface area contributed by atoms with Crippen LogP contribution in [-0.4, -0.2) is 19.5 Å². The maximum atomic E-state index is 12.3. The van der Waals surface area contributed by atoms with Gasteiger partial charge in [0.2, 0.25) is 0 Å². The van der Waals surface area contributed by atoms with Gasteiger partial charge in [-0.05, 0) is 34.1 Å². The summed E-state index contributed by atoms with van der Waals surface area (Å²) in [5.41, 5.74) is -0.430. The van der Waals surface area contributed by atoms with E-state index in [2.05, 4.69) is 20.7 Å². The minimum atomic E-state index is -3.99. The molecule has 2 N–H and O–H groups in total. The van der Waals surface area contributed by atoms with Crippen molar-refractivity contribution in [3.05, 3.63) is 43.7 Å². The molecule has 0 fully saturated rings. The zero-order valence-corrected chi connectivity index (χ0v) is 14.7. The third kappa shape index (κ3) is 3.51. The molecule has 21 heavy (non-hydrogen) atoms. The molecule has 0 atom stereocenters. The van der Waals surface area contributed by atoms with Crippen LogP contribution < -0.4 is 4.72 Å². The number of thiophene rings is 1. The Kier molecular flexibility index (Phi) is 4.84. The smallest absolute Gasteiger partial charge is 0.337 e. The summed E-state index contributed by atoms with van der Waals surface area (Å²) >= 11 is 15.7. The predicted molar refractivity (Wildman–Crippen MR) is 86.2 cm³/mol. The van der Waals surface area contributed by atoms with E-state index in [4.69, 9.17) is 28.3 Å². The number of hydrogen-bond acceptors (Lipinski definition) is 4. The summed E-state index contributed by atoms with van der Waals surface area (Å²) in [4.78, 5) is 11.1. The molecule has 0 saturated heterocycles. The van der Waals surface area contributed by atoms with Gasteiger partial charge in [-0.1, -0.05) is 29.3 Å². The van der Waals surface area contributed by atoms with Gasteiger partial charge in [-0.15, -0.1) is 11.3 Å². The highest BCUT2D eigenvalue weighted by molar-refractivity contribution is 9.11. The largest absolute Gasteiger partial charge is 0.478 e. The first-order chi connectivity index (χ1) is 9.72. The van der Waals surface area contributed by atoms with Crippen molar-refractivity contribution in [2.24, 2.45) is 0 Å². The van der Waals surface area contributed by atoms with Gasteiger partial charge in [-0.25, -0.2) is 13.2 Å². The van der Waals surface area contributed by atoms with Crippen LogP contribution in [0.1, 0.15) is 10.4 Å². The highest BCUT2D eigenvalue weighted by Crippen LogP contribution is 2.36. The summed E-state index contributed by atoms with van der Waals surface area (Å²) in [6.45, 7) is 0. The van der Waals surface area contributed by atoms with E-state index in [1.54, 1.807) is 0 Å². The van der Waals surface area contributed by atoms with Crippen LogP contribution in [0.4, 0.5) is 5.69 Å². The molecule has 2 aromatic rings. The summed E-state index contributed by atoms with van der Waals surface area (Å²) in [7, 11) is -3.99. The second-order valence-corrected chi connectivity index (χ2v) is 8.85. The number of aromatic carboxylic acids is 1. The van der Waals surface area contributed by atoms with Crippen molar-refractivity contribution in [1.29, 1.82) is 0 Å². The van der Waals surface area contributed by atoms with E-state index in [0.717, 1.165) is 11.3 Å². The van der Waals surface area contributed by atoms with Gasteiger partial charge in [-0.3, -0.25) is 4.72 Å². The predicted octanol–water partition coefficient (Wildman–Crippen LogP) is 4.32. The van der Waals surface area contributed by atoms with E-state index in [1.807, 2.05) is 0 Å². The van der Waals surface area contributed by atoms with Crippen LogP contribution in [-0.2, 0) is 10.0 Å². The molecular formula is C11H6BrCl2NO4S2. The zero-order valence-electron chi connectivity index (χ0n) is 9.93. The summed E-state index contributed by atoms with van der Waals surface area (Å²) in [5, 5.41) is 9.32. The highest BCUT2D eigenvalue weighted by atomic mass is 79.9. The standard InChI is InChI=1S/C11H6BrCl2NO4S2/c12-10-7(14)4-8(20-10)21(18,19)15-9-5(11(16)17)2-1-3-6(9)13/h1-4,15H,(H,16,17). The van der Waals surface area contributed by atoms with Crippen LogP contribution in [0.25, 0.3) is 0 Å². The number of nitrogens with one attached hydrogen (secondary N) is 1. The normalized spacial score (nSPS) is 11.4. The quantitative estimate of drug-likeness (QED) is 0.756. The molecule has 0 bridgehead atoms. The molecule has 1 heterocycles. The van der Waals surface area contributed by atoms with Crippen LogP contribution in [0, 0.1) is 0 Å². The van der Waals surface area contributed by atoms with Crippen LogP contribution in [0.3, 0.4) is 0 Å². The van der Waals surface area contributed by atoms with Crippen molar-refractivity contribution in [2.75, 3.05) is 4.72 Å². The molecule has 0 aliphatic carbocycles. The number of hydrogen-bond donors (Lipinski definition) is 2. The molecule has 0 saturated carbocycles. The zero-order chi connectivity index (χ0) is 15.8. The van der Waals surface area contributed by atoms with E-state index < -0.39 is 16.0 Å². The number of benzene rings is 1. The lowest BCUT2D eigenvalue weighted by Crippen LogP contribution is -2.15. The third-order valence-corrected chi connectivity index (χ3v) is 6.98. The summed E-state index contributed by atoms with van der Waals surface area (Å²) < 4.78 is 27.1. The van der Waals surface area contributed by atoms with Gasteiger partial charge in [0.15, 0.2) is 0 Å². The first kappa shape index (κ1) is 16.6. The molecule has 0 aliphatic rings. The number of carbonyl (C=O) groups is 1. The first-order valence-electron chi connectivity index (χ1n) is 5.22. The molecular weight excluding hydrogens is 425 g/mol. The van der Waals surface area contributed by atoms with Crippen LogP contribution >= 0.6 is 50.5 Å². The Morgan fingerprint density at radius 1 is 1.29 bits per heavy atom. The van der Waals surface area contributed by atoms with Gasteiger partial charge in [0.05, 0.1) is 25.1 Å². The summed E-state index contributed by atoms with van der Waals surface area (Å²) in [6.07, 6.45) is 0. The third-order valence-electron chi connectivity index (χ3n) is 2.37. The second-order valence-electron chi connectivity index (χ2n) is 3.76. The van der Waals surface area contributed by atoms with Crippen molar-refractivity contribution in [1.82, 2.24) is 0 Å². The van der Waals surface area contributed by atoms with Gasteiger partial charge in [0.1, 0.15) is 4.21 Å². The molecule has 0 unspecified atom stereocenters. The van der Waals surface area contributed by atoms with Gasteiger partial charge in [0.25, 0.3) is 10.0 Å². The topological polar surface area (TPSA) is 83.5 Å². The Morgan fingerprint density at radius 2 is 1.95 bits per heavy atom. The van der Waals surface area contributed by atoms with E-state index in [9.17, 15) is 13.2 Å². The Balaban J connectivity index is 2.49. The Hall–Kier alpha value is -0.800. The number of sulfonamides is 1. The van der Waals surface area contributed by atoms with Crippen molar-refractivity contribution in [3.63, 3.8) is 0 Å². The maximum absolute atomic E-state index is 12.3. The van der Waals surface area contributed by atoms with E-state index in [1.165, 1.54) is 24.3 Å². The Morgan fingerprint density at radius 3 is 2.48 bits per heavy atom. The van der Waals surface area contributed by atoms with E-state index >= 15 is 0 Å². The average molecular weight is 431 g/mol. The summed E-state index contributed by atoms with van der Waals surface area (Å²) in [6, 6.07) is 5.32. The minimum absolute atomic E-state index is 0.0137. The molecule has 0 aliphatic heterocycles. The fraction of sp³-hybridized carbons (Fsp3) is 0. The molecule has 0 spiro atoms. The number of anilines is 1. The molecule has 2 rings (SSSR count). The molecule has 1 aromatic carbocycles. The van der Waals surface area contributed by atoms with Crippen molar-refractivity contribution >= 4 is 72.1 Å². The molecule has 112 valence electrons. The number of carboxylic acids is 1. The number of rotatable bonds is 4.